The van der Waals surface area contributed by atoms with Gasteiger partial charge in [0.15, 0.2) is 0 Å². The van der Waals surface area contributed by atoms with Gasteiger partial charge in [0.1, 0.15) is 5.75 Å². The fourth-order valence-corrected chi connectivity index (χ4v) is 2.00. The molecular weight excluding hydrogens is 278 g/mol. The number of rotatable bonds is 3. The monoisotopic (exact) mass is 291 g/mol. The highest BCUT2D eigenvalue weighted by Gasteiger charge is 2.01. The largest absolute Gasteiger partial charge is 0.495 e. The Bertz CT molecular complexity index is 508. The first-order valence-electron chi connectivity index (χ1n) is 5.36. The molecule has 2 nitrogen and oxygen atoms in total. The van der Waals surface area contributed by atoms with Gasteiger partial charge in [-0.15, -0.1) is 0 Å². The van der Waals surface area contributed by atoms with E-state index < -0.39 is 0 Å². The van der Waals surface area contributed by atoms with E-state index in [0.717, 1.165) is 16.6 Å². The summed E-state index contributed by atoms with van der Waals surface area (Å²) in [6.45, 7) is 0. The van der Waals surface area contributed by atoms with E-state index in [1.165, 1.54) is 11.1 Å². The molecule has 0 bridgehead atoms. The normalized spacial score (nSPS) is 10.2. The zero-order valence-corrected chi connectivity index (χ0v) is 11.2. The first-order valence-corrected chi connectivity index (χ1v) is 6.15. The van der Waals surface area contributed by atoms with E-state index in [2.05, 4.69) is 28.1 Å². The highest BCUT2D eigenvalue weighted by molar-refractivity contribution is 9.10. The highest BCUT2D eigenvalue weighted by Crippen LogP contribution is 2.23. The molecule has 2 N–H and O–H groups in total. The molecule has 88 valence electrons. The number of nitrogen functional groups attached to an aromatic ring is 1. The third kappa shape index (κ3) is 3.01. The number of ether oxygens (including phenoxy) is 1. The summed E-state index contributed by atoms with van der Waals surface area (Å²) in [5.41, 5.74) is 9.01. The van der Waals surface area contributed by atoms with Crippen molar-refractivity contribution in [2.75, 3.05) is 12.8 Å². The van der Waals surface area contributed by atoms with Crippen molar-refractivity contribution in [1.82, 2.24) is 0 Å². The second-order valence-corrected chi connectivity index (χ2v) is 4.80. The summed E-state index contributed by atoms with van der Waals surface area (Å²) in [7, 11) is 1.63. The molecule has 0 aromatic heterocycles. The lowest BCUT2D eigenvalue weighted by Crippen LogP contribution is -1.95. The number of halogens is 1. The summed E-state index contributed by atoms with van der Waals surface area (Å²) in [5.74, 6) is 0.726. The van der Waals surface area contributed by atoms with Crippen LogP contribution in [0.3, 0.4) is 0 Å². The molecule has 0 heterocycles. The van der Waals surface area contributed by atoms with Crippen LogP contribution in [0.1, 0.15) is 11.1 Å². The minimum absolute atomic E-state index is 0.683. The minimum atomic E-state index is 0.683. The van der Waals surface area contributed by atoms with Crippen LogP contribution in [0.15, 0.2) is 46.9 Å². The first kappa shape index (κ1) is 12.0. The Morgan fingerprint density at radius 1 is 1.06 bits per heavy atom. The lowest BCUT2D eigenvalue weighted by molar-refractivity contribution is 0.417. The summed E-state index contributed by atoms with van der Waals surface area (Å²) in [5, 5.41) is 0. The molecule has 0 aliphatic heterocycles. The first-order chi connectivity index (χ1) is 8.19. The van der Waals surface area contributed by atoms with Gasteiger partial charge in [-0.3, -0.25) is 0 Å². The van der Waals surface area contributed by atoms with Gasteiger partial charge in [0.25, 0.3) is 0 Å². The number of nitrogens with two attached hydrogens (primary N) is 1. The van der Waals surface area contributed by atoms with E-state index in [1.807, 2.05) is 30.3 Å². The highest BCUT2D eigenvalue weighted by atomic mass is 79.9. The fourth-order valence-electron chi connectivity index (χ4n) is 1.73. The molecule has 2 aromatic rings. The standard InChI is InChI=1S/C14H14BrNO/c1-17-14-7-4-11(9-13(14)16)8-10-2-5-12(15)6-3-10/h2-7,9H,8,16H2,1H3. The maximum atomic E-state index is 5.88. The summed E-state index contributed by atoms with van der Waals surface area (Å²) in [6, 6.07) is 14.2. The van der Waals surface area contributed by atoms with Crippen LogP contribution >= 0.6 is 15.9 Å². The molecule has 0 aliphatic rings. The Morgan fingerprint density at radius 2 is 1.71 bits per heavy atom. The second kappa shape index (κ2) is 5.23. The number of hydrogen-bond donors (Lipinski definition) is 1. The number of methoxy groups -OCH3 is 1. The molecule has 0 unspecified atom stereocenters. The molecular formula is C14H14BrNO. The van der Waals surface area contributed by atoms with Crippen molar-refractivity contribution in [2.24, 2.45) is 0 Å². The lowest BCUT2D eigenvalue weighted by Gasteiger charge is -2.07. The SMILES string of the molecule is COc1ccc(Cc2ccc(Br)cc2)cc1N. The van der Waals surface area contributed by atoms with Gasteiger partial charge < -0.3 is 10.5 Å². The van der Waals surface area contributed by atoms with E-state index in [4.69, 9.17) is 10.5 Å². The van der Waals surface area contributed by atoms with Crippen LogP contribution in [-0.2, 0) is 6.42 Å². The molecule has 0 spiro atoms. The zero-order chi connectivity index (χ0) is 12.3. The van der Waals surface area contributed by atoms with Gasteiger partial charge in [-0.1, -0.05) is 34.1 Å². The van der Waals surface area contributed by atoms with Crippen molar-refractivity contribution < 1.29 is 4.74 Å². The molecule has 3 heteroatoms. The van der Waals surface area contributed by atoms with Crippen molar-refractivity contribution >= 4 is 21.6 Å². The molecule has 2 aromatic carbocycles. The number of anilines is 1. The Kier molecular flexibility index (Phi) is 3.69. The molecule has 2 rings (SSSR count). The summed E-state index contributed by atoms with van der Waals surface area (Å²) >= 11 is 3.42. The van der Waals surface area contributed by atoms with Crippen molar-refractivity contribution in [1.29, 1.82) is 0 Å². The molecule has 0 amide bonds. The summed E-state index contributed by atoms with van der Waals surface area (Å²) < 4.78 is 6.23. The quantitative estimate of drug-likeness (QED) is 0.877. The van der Waals surface area contributed by atoms with E-state index >= 15 is 0 Å². The van der Waals surface area contributed by atoms with Gasteiger partial charge in [-0.05, 0) is 41.8 Å². The van der Waals surface area contributed by atoms with Crippen LogP contribution in [0.2, 0.25) is 0 Å². The molecule has 0 radical (unpaired) electrons. The van der Waals surface area contributed by atoms with Gasteiger partial charge in [-0.25, -0.2) is 0 Å². The number of benzene rings is 2. The average Bonchev–Trinajstić information content (AvgIpc) is 2.32. The molecule has 17 heavy (non-hydrogen) atoms. The van der Waals surface area contributed by atoms with Crippen molar-refractivity contribution in [3.8, 4) is 5.75 Å². The molecule has 0 saturated carbocycles. The van der Waals surface area contributed by atoms with E-state index in [9.17, 15) is 0 Å². The molecule has 0 atom stereocenters. The smallest absolute Gasteiger partial charge is 0.141 e. The third-order valence-corrected chi connectivity index (χ3v) is 3.14. The molecule has 0 fully saturated rings. The Labute approximate surface area is 110 Å². The van der Waals surface area contributed by atoms with Crippen LogP contribution < -0.4 is 10.5 Å². The van der Waals surface area contributed by atoms with Crippen LogP contribution in [-0.4, -0.2) is 7.11 Å². The number of hydrogen-bond acceptors (Lipinski definition) is 2. The van der Waals surface area contributed by atoms with Crippen LogP contribution in [0.5, 0.6) is 5.75 Å². The van der Waals surface area contributed by atoms with Gasteiger partial charge in [0.2, 0.25) is 0 Å². The predicted octanol–water partition coefficient (Wildman–Crippen LogP) is 3.63. The van der Waals surface area contributed by atoms with Crippen molar-refractivity contribution in [3.05, 3.63) is 58.1 Å². The lowest BCUT2D eigenvalue weighted by atomic mass is 10.0. The van der Waals surface area contributed by atoms with Gasteiger partial charge >= 0.3 is 0 Å². The van der Waals surface area contributed by atoms with Crippen molar-refractivity contribution in [2.45, 2.75) is 6.42 Å². The van der Waals surface area contributed by atoms with E-state index in [-0.39, 0.29) is 0 Å². The summed E-state index contributed by atoms with van der Waals surface area (Å²) in [4.78, 5) is 0. The van der Waals surface area contributed by atoms with Gasteiger partial charge in [0, 0.05) is 4.47 Å². The van der Waals surface area contributed by atoms with Gasteiger partial charge in [0.05, 0.1) is 12.8 Å². The molecule has 0 aliphatic carbocycles. The maximum Gasteiger partial charge on any atom is 0.141 e. The predicted molar refractivity (Wildman–Crippen MR) is 74.4 cm³/mol. The average molecular weight is 292 g/mol. The molecule has 0 saturated heterocycles. The fraction of sp³-hybridized carbons (Fsp3) is 0.143. The van der Waals surface area contributed by atoms with Crippen LogP contribution in [0.25, 0.3) is 0 Å². The Balaban J connectivity index is 2.19. The van der Waals surface area contributed by atoms with Crippen LogP contribution in [0.4, 0.5) is 5.69 Å². The second-order valence-electron chi connectivity index (χ2n) is 3.88. The Hall–Kier alpha value is -1.48. The zero-order valence-electron chi connectivity index (χ0n) is 9.61. The van der Waals surface area contributed by atoms with E-state index in [0.29, 0.717) is 5.69 Å². The van der Waals surface area contributed by atoms with E-state index in [1.54, 1.807) is 7.11 Å². The van der Waals surface area contributed by atoms with Crippen molar-refractivity contribution in [3.63, 3.8) is 0 Å². The Morgan fingerprint density at radius 3 is 2.29 bits per heavy atom. The topological polar surface area (TPSA) is 35.2 Å². The third-order valence-electron chi connectivity index (χ3n) is 2.62. The summed E-state index contributed by atoms with van der Waals surface area (Å²) in [6.07, 6.45) is 0.876. The maximum absolute atomic E-state index is 5.88. The minimum Gasteiger partial charge on any atom is -0.495 e. The van der Waals surface area contributed by atoms with Gasteiger partial charge in [-0.2, -0.15) is 0 Å². The van der Waals surface area contributed by atoms with Crippen LogP contribution in [0, 0.1) is 0 Å².